The van der Waals surface area contributed by atoms with Gasteiger partial charge in [-0.05, 0) is 35.3 Å². The van der Waals surface area contributed by atoms with Crippen LogP contribution in [0.1, 0.15) is 24.9 Å². The molecule has 1 aromatic rings. The lowest BCUT2D eigenvalue weighted by Crippen LogP contribution is -2.31. The van der Waals surface area contributed by atoms with Gasteiger partial charge in [0.1, 0.15) is 5.82 Å². The van der Waals surface area contributed by atoms with Crippen LogP contribution in [0.25, 0.3) is 0 Å². The Morgan fingerprint density at radius 1 is 1.56 bits per heavy atom. The van der Waals surface area contributed by atoms with Gasteiger partial charge in [0.2, 0.25) is 0 Å². The molecule has 0 saturated heterocycles. The smallest absolute Gasteiger partial charge is 0.142 e. The van der Waals surface area contributed by atoms with Crippen molar-refractivity contribution in [3.8, 4) is 0 Å². The summed E-state index contributed by atoms with van der Waals surface area (Å²) in [6, 6.07) is 4.90. The molecular weight excluding hydrogens is 275 g/mol. The van der Waals surface area contributed by atoms with Gasteiger partial charge in [0.15, 0.2) is 0 Å². The molecule has 90 valence electrons. The van der Waals surface area contributed by atoms with Gasteiger partial charge >= 0.3 is 0 Å². The average molecular weight is 291 g/mol. The molecule has 0 aliphatic heterocycles. The second-order valence-electron chi connectivity index (χ2n) is 3.64. The van der Waals surface area contributed by atoms with Crippen LogP contribution in [0.15, 0.2) is 22.7 Å². The van der Waals surface area contributed by atoms with E-state index in [-0.39, 0.29) is 18.0 Å². The first kappa shape index (κ1) is 13.6. The number of hydrogen-bond donors (Lipinski definition) is 2. The van der Waals surface area contributed by atoms with Crippen LogP contribution in [0, 0.1) is 5.82 Å². The summed E-state index contributed by atoms with van der Waals surface area (Å²) < 4.78 is 19.4. The number of hydrogen-bond acceptors (Lipinski definition) is 3. The monoisotopic (exact) mass is 290 g/mol. The molecule has 1 aromatic carbocycles. The Bertz CT molecular complexity index is 349. The standard InChI is InChI=1S/C11H16BrFN2O/c1-7(16-2)6-10(15-14)8-4-3-5-9(12)11(8)13/h3-5,7,10,15H,6,14H2,1-2H3. The highest BCUT2D eigenvalue weighted by Crippen LogP contribution is 2.26. The number of nitrogens with one attached hydrogen (secondary N) is 1. The second kappa shape index (κ2) is 6.30. The Morgan fingerprint density at radius 2 is 2.25 bits per heavy atom. The van der Waals surface area contributed by atoms with Gasteiger partial charge in [0, 0.05) is 12.7 Å². The Balaban J connectivity index is 2.90. The third-order valence-corrected chi connectivity index (χ3v) is 3.14. The molecule has 5 heteroatoms. The molecule has 0 amide bonds. The summed E-state index contributed by atoms with van der Waals surface area (Å²) in [7, 11) is 1.62. The minimum absolute atomic E-state index is 0.0134. The van der Waals surface area contributed by atoms with Gasteiger partial charge in [-0.25, -0.2) is 4.39 Å². The van der Waals surface area contributed by atoms with E-state index >= 15 is 0 Å². The van der Waals surface area contributed by atoms with E-state index in [1.807, 2.05) is 6.92 Å². The lowest BCUT2D eigenvalue weighted by molar-refractivity contribution is 0.0999. The third kappa shape index (κ3) is 3.25. The predicted octanol–water partition coefficient (Wildman–Crippen LogP) is 2.52. The van der Waals surface area contributed by atoms with E-state index in [1.165, 1.54) is 0 Å². The molecule has 2 atom stereocenters. The van der Waals surface area contributed by atoms with E-state index in [9.17, 15) is 4.39 Å². The number of halogens is 2. The number of ether oxygens (including phenoxy) is 1. The SMILES string of the molecule is COC(C)CC(NN)c1cccc(Br)c1F. The van der Waals surface area contributed by atoms with Crippen LogP contribution in [0.5, 0.6) is 0 Å². The highest BCUT2D eigenvalue weighted by molar-refractivity contribution is 9.10. The molecule has 0 aromatic heterocycles. The van der Waals surface area contributed by atoms with Crippen molar-refractivity contribution in [3.63, 3.8) is 0 Å². The van der Waals surface area contributed by atoms with Crippen LogP contribution < -0.4 is 11.3 Å². The van der Waals surface area contributed by atoms with Crippen molar-refractivity contribution in [1.82, 2.24) is 5.43 Å². The van der Waals surface area contributed by atoms with E-state index < -0.39 is 0 Å². The molecule has 0 spiro atoms. The van der Waals surface area contributed by atoms with E-state index in [0.29, 0.717) is 16.5 Å². The van der Waals surface area contributed by atoms with Crippen LogP contribution in [0.4, 0.5) is 4.39 Å². The molecule has 16 heavy (non-hydrogen) atoms. The van der Waals surface area contributed by atoms with Gasteiger partial charge in [0.05, 0.1) is 16.6 Å². The summed E-state index contributed by atoms with van der Waals surface area (Å²) in [5.74, 6) is 5.16. The zero-order valence-corrected chi connectivity index (χ0v) is 10.9. The maximum Gasteiger partial charge on any atom is 0.142 e. The summed E-state index contributed by atoms with van der Waals surface area (Å²) in [5, 5.41) is 0. The molecule has 3 N–H and O–H groups in total. The van der Waals surface area contributed by atoms with Crippen molar-refractivity contribution in [2.75, 3.05) is 7.11 Å². The zero-order valence-electron chi connectivity index (χ0n) is 9.34. The molecule has 0 fully saturated rings. The second-order valence-corrected chi connectivity index (χ2v) is 4.50. The van der Waals surface area contributed by atoms with Crippen LogP contribution in [0.3, 0.4) is 0 Å². The van der Waals surface area contributed by atoms with Crippen molar-refractivity contribution in [1.29, 1.82) is 0 Å². The van der Waals surface area contributed by atoms with Gasteiger partial charge in [-0.1, -0.05) is 12.1 Å². The first-order valence-electron chi connectivity index (χ1n) is 5.03. The van der Waals surface area contributed by atoms with E-state index in [0.717, 1.165) is 0 Å². The fraction of sp³-hybridized carbons (Fsp3) is 0.455. The Kier molecular flexibility index (Phi) is 5.34. The van der Waals surface area contributed by atoms with Crippen LogP contribution in [-0.2, 0) is 4.74 Å². The molecule has 0 aliphatic carbocycles. The van der Waals surface area contributed by atoms with Crippen LogP contribution in [0.2, 0.25) is 0 Å². The molecule has 2 unspecified atom stereocenters. The molecular formula is C11H16BrFN2O. The van der Waals surface area contributed by atoms with Gasteiger partial charge in [-0.2, -0.15) is 0 Å². The molecule has 0 aliphatic rings. The van der Waals surface area contributed by atoms with Crippen molar-refractivity contribution < 1.29 is 9.13 Å². The molecule has 0 bridgehead atoms. The quantitative estimate of drug-likeness (QED) is 0.647. The normalized spacial score (nSPS) is 14.8. The lowest BCUT2D eigenvalue weighted by atomic mass is 10.0. The number of hydrazine groups is 1. The fourth-order valence-corrected chi connectivity index (χ4v) is 1.88. The maximum atomic E-state index is 13.8. The van der Waals surface area contributed by atoms with Crippen LogP contribution >= 0.6 is 15.9 Å². The van der Waals surface area contributed by atoms with Gasteiger partial charge in [0.25, 0.3) is 0 Å². The topological polar surface area (TPSA) is 47.3 Å². The number of nitrogens with two attached hydrogens (primary N) is 1. The maximum absolute atomic E-state index is 13.8. The summed E-state index contributed by atoms with van der Waals surface area (Å²) in [6.45, 7) is 1.92. The largest absolute Gasteiger partial charge is 0.382 e. The minimum Gasteiger partial charge on any atom is -0.382 e. The molecule has 0 radical (unpaired) electrons. The zero-order chi connectivity index (χ0) is 12.1. The minimum atomic E-state index is -0.284. The lowest BCUT2D eigenvalue weighted by Gasteiger charge is -2.20. The van der Waals surface area contributed by atoms with E-state index in [4.69, 9.17) is 10.6 Å². The van der Waals surface area contributed by atoms with Crippen molar-refractivity contribution in [2.24, 2.45) is 5.84 Å². The highest BCUT2D eigenvalue weighted by atomic mass is 79.9. The number of benzene rings is 1. The summed E-state index contributed by atoms with van der Waals surface area (Å²) >= 11 is 3.15. The summed E-state index contributed by atoms with van der Waals surface area (Å²) in [6.07, 6.45) is 0.625. The summed E-state index contributed by atoms with van der Waals surface area (Å²) in [5.41, 5.74) is 3.15. The van der Waals surface area contributed by atoms with Crippen molar-refractivity contribution in [2.45, 2.75) is 25.5 Å². The van der Waals surface area contributed by atoms with Gasteiger partial charge in [-0.3, -0.25) is 11.3 Å². The molecule has 0 heterocycles. The van der Waals surface area contributed by atoms with E-state index in [2.05, 4.69) is 21.4 Å². The van der Waals surface area contributed by atoms with Crippen molar-refractivity contribution in [3.05, 3.63) is 34.1 Å². The average Bonchev–Trinajstić information content (AvgIpc) is 2.29. The summed E-state index contributed by atoms with van der Waals surface area (Å²) in [4.78, 5) is 0. The third-order valence-electron chi connectivity index (χ3n) is 2.53. The predicted molar refractivity (Wildman–Crippen MR) is 65.3 cm³/mol. The molecule has 3 nitrogen and oxygen atoms in total. The van der Waals surface area contributed by atoms with Gasteiger partial charge < -0.3 is 4.74 Å². The number of rotatable bonds is 5. The Morgan fingerprint density at radius 3 is 2.81 bits per heavy atom. The Labute approximate surface area is 103 Å². The highest BCUT2D eigenvalue weighted by Gasteiger charge is 2.18. The van der Waals surface area contributed by atoms with Crippen LogP contribution in [-0.4, -0.2) is 13.2 Å². The van der Waals surface area contributed by atoms with Gasteiger partial charge in [-0.15, -0.1) is 0 Å². The van der Waals surface area contributed by atoms with E-state index in [1.54, 1.807) is 25.3 Å². The van der Waals surface area contributed by atoms with Crippen molar-refractivity contribution >= 4 is 15.9 Å². The Hall–Kier alpha value is -0.490. The fourth-order valence-electron chi connectivity index (χ4n) is 1.50. The molecule has 1 rings (SSSR count). The number of methoxy groups -OCH3 is 1. The molecule has 0 saturated carbocycles. The first-order valence-corrected chi connectivity index (χ1v) is 5.82. The first-order chi connectivity index (χ1) is 7.60.